The Labute approximate surface area is 188 Å². The van der Waals surface area contributed by atoms with Crippen molar-refractivity contribution in [1.82, 2.24) is 10.6 Å². The van der Waals surface area contributed by atoms with Gasteiger partial charge >= 0.3 is 12.1 Å². The lowest BCUT2D eigenvalue weighted by Crippen LogP contribution is -2.49. The van der Waals surface area contributed by atoms with E-state index in [4.69, 9.17) is 9.84 Å². The van der Waals surface area contributed by atoms with Gasteiger partial charge in [0.25, 0.3) is 0 Å². The number of amides is 2. The van der Waals surface area contributed by atoms with Crippen LogP contribution in [-0.2, 0) is 14.3 Å². The highest BCUT2D eigenvalue weighted by molar-refractivity contribution is 5.86. The van der Waals surface area contributed by atoms with Crippen LogP contribution < -0.4 is 10.6 Å². The fourth-order valence-electron chi connectivity index (χ4n) is 4.11. The second-order valence-corrected chi connectivity index (χ2v) is 8.13. The van der Waals surface area contributed by atoms with Gasteiger partial charge in [0.2, 0.25) is 5.91 Å². The van der Waals surface area contributed by atoms with Gasteiger partial charge in [-0.15, -0.1) is 0 Å². The van der Waals surface area contributed by atoms with E-state index in [0.29, 0.717) is 19.3 Å². The highest BCUT2D eigenvalue weighted by Gasteiger charge is 2.29. The van der Waals surface area contributed by atoms with Crippen LogP contribution in [0, 0.1) is 0 Å². The van der Waals surface area contributed by atoms with Crippen molar-refractivity contribution in [3.63, 3.8) is 0 Å². The Morgan fingerprint density at radius 3 is 2.16 bits per heavy atom. The molecule has 1 aliphatic rings. The molecule has 3 N–H and O–H groups in total. The van der Waals surface area contributed by atoms with Gasteiger partial charge < -0.3 is 20.5 Å². The summed E-state index contributed by atoms with van der Waals surface area (Å²) in [5.74, 6) is -1.20. The first-order valence-corrected chi connectivity index (χ1v) is 11.0. The van der Waals surface area contributed by atoms with Gasteiger partial charge in [-0.25, -0.2) is 4.79 Å². The molecule has 0 aliphatic heterocycles. The molecule has 0 saturated carbocycles. The maximum Gasteiger partial charge on any atom is 0.407 e. The molecule has 2 aromatic carbocycles. The first kappa shape index (κ1) is 23.3. The molecule has 1 aliphatic carbocycles. The van der Waals surface area contributed by atoms with E-state index in [9.17, 15) is 14.4 Å². The minimum absolute atomic E-state index is 0.0451. The molecule has 0 fully saturated rings. The Kier molecular flexibility index (Phi) is 7.87. The van der Waals surface area contributed by atoms with Gasteiger partial charge in [0.05, 0.1) is 0 Å². The number of carboxylic acid groups (broad SMARTS) is 1. The Bertz CT molecular complexity index is 929. The summed E-state index contributed by atoms with van der Waals surface area (Å²) in [7, 11) is 0. The monoisotopic (exact) mass is 438 g/mol. The van der Waals surface area contributed by atoms with Crippen LogP contribution in [0.5, 0.6) is 0 Å². The third kappa shape index (κ3) is 5.66. The largest absolute Gasteiger partial charge is 0.481 e. The number of rotatable bonds is 10. The van der Waals surface area contributed by atoms with E-state index < -0.39 is 18.1 Å². The van der Waals surface area contributed by atoms with Gasteiger partial charge in [-0.1, -0.05) is 55.5 Å². The second-order valence-electron chi connectivity index (χ2n) is 8.13. The number of hydrogen-bond donors (Lipinski definition) is 3. The van der Waals surface area contributed by atoms with Crippen LogP contribution in [-0.4, -0.2) is 41.8 Å². The van der Waals surface area contributed by atoms with E-state index in [1.807, 2.05) is 38.1 Å². The molecule has 2 amide bonds. The van der Waals surface area contributed by atoms with E-state index >= 15 is 0 Å². The lowest BCUT2D eigenvalue weighted by atomic mass is 9.98. The Hall–Kier alpha value is -3.35. The van der Waals surface area contributed by atoms with Gasteiger partial charge in [-0.2, -0.15) is 0 Å². The smallest absolute Gasteiger partial charge is 0.407 e. The number of fused-ring (bicyclic) bond motifs is 3. The number of carbonyl (C=O) groups excluding carboxylic acids is 2. The van der Waals surface area contributed by atoms with Crippen molar-refractivity contribution in [1.29, 1.82) is 0 Å². The fourth-order valence-corrected chi connectivity index (χ4v) is 4.11. The minimum atomic E-state index is -0.855. The van der Waals surface area contributed by atoms with Gasteiger partial charge in [0.15, 0.2) is 0 Å². The number of carboxylic acids is 1. The van der Waals surface area contributed by atoms with Crippen LogP contribution in [0.3, 0.4) is 0 Å². The summed E-state index contributed by atoms with van der Waals surface area (Å²) in [4.78, 5) is 35.6. The lowest BCUT2D eigenvalue weighted by Gasteiger charge is -2.21. The number of alkyl carbamates (subject to hydrolysis) is 1. The minimum Gasteiger partial charge on any atom is -0.481 e. The van der Waals surface area contributed by atoms with Crippen LogP contribution in [0.1, 0.15) is 56.6 Å². The number of nitrogens with one attached hydrogen (secondary N) is 2. The summed E-state index contributed by atoms with van der Waals surface area (Å²) >= 11 is 0. The predicted molar refractivity (Wildman–Crippen MR) is 121 cm³/mol. The molecule has 2 atom stereocenters. The Balaban J connectivity index is 1.53. The van der Waals surface area contributed by atoms with Crippen molar-refractivity contribution in [2.45, 2.75) is 57.5 Å². The number of benzene rings is 2. The lowest BCUT2D eigenvalue weighted by molar-refractivity contribution is -0.137. The quantitative estimate of drug-likeness (QED) is 0.519. The molecule has 0 heterocycles. The molecule has 2 unspecified atom stereocenters. The molecule has 7 nitrogen and oxygen atoms in total. The van der Waals surface area contributed by atoms with E-state index in [0.717, 1.165) is 22.3 Å². The highest BCUT2D eigenvalue weighted by atomic mass is 16.5. The van der Waals surface area contributed by atoms with Gasteiger partial charge in [-0.3, -0.25) is 9.59 Å². The van der Waals surface area contributed by atoms with Crippen molar-refractivity contribution in [2.24, 2.45) is 0 Å². The van der Waals surface area contributed by atoms with E-state index in [2.05, 4.69) is 34.9 Å². The molecular weight excluding hydrogens is 408 g/mol. The zero-order valence-corrected chi connectivity index (χ0v) is 18.5. The van der Waals surface area contributed by atoms with Crippen LogP contribution in [0.25, 0.3) is 11.1 Å². The third-order valence-corrected chi connectivity index (χ3v) is 5.78. The summed E-state index contributed by atoms with van der Waals surface area (Å²) in [5.41, 5.74) is 4.56. The van der Waals surface area contributed by atoms with Crippen molar-refractivity contribution >= 4 is 18.0 Å². The normalized spacial score (nSPS) is 14.1. The third-order valence-electron chi connectivity index (χ3n) is 5.78. The molecular formula is C25H30N2O5. The van der Waals surface area contributed by atoms with E-state index in [1.165, 1.54) is 0 Å². The standard InChI is InChI=1S/C25H30N2O5/c1-3-22(24(30)26-16(2)9-8-14-23(28)29)27-25(31)32-15-21-19-12-6-4-10-17(19)18-11-5-7-13-20(18)21/h4-7,10-13,16,21-22H,3,8-9,14-15H2,1-2H3,(H,26,30)(H,27,31)(H,28,29). The summed E-state index contributed by atoms with van der Waals surface area (Å²) in [5, 5.41) is 14.2. The molecule has 0 radical (unpaired) electrons. The molecule has 0 bridgehead atoms. The van der Waals surface area contributed by atoms with Gasteiger partial charge in [-0.05, 0) is 48.4 Å². The number of carbonyl (C=O) groups is 3. The van der Waals surface area contributed by atoms with Crippen LogP contribution >= 0.6 is 0 Å². The van der Waals surface area contributed by atoms with Crippen molar-refractivity contribution in [2.75, 3.05) is 6.61 Å². The first-order chi connectivity index (χ1) is 15.4. The number of aliphatic carboxylic acids is 1. The maximum atomic E-state index is 12.5. The van der Waals surface area contributed by atoms with Crippen LogP contribution in [0.4, 0.5) is 4.79 Å². The molecule has 7 heteroatoms. The number of hydrogen-bond acceptors (Lipinski definition) is 4. The van der Waals surface area contributed by atoms with E-state index in [-0.39, 0.29) is 30.9 Å². The van der Waals surface area contributed by atoms with Crippen LogP contribution in [0.2, 0.25) is 0 Å². The molecule has 0 spiro atoms. The van der Waals surface area contributed by atoms with Crippen molar-refractivity contribution in [3.05, 3.63) is 59.7 Å². The fraction of sp³-hybridized carbons (Fsp3) is 0.400. The van der Waals surface area contributed by atoms with Crippen molar-refractivity contribution in [3.8, 4) is 11.1 Å². The molecule has 0 saturated heterocycles. The Morgan fingerprint density at radius 1 is 1.00 bits per heavy atom. The van der Waals surface area contributed by atoms with E-state index in [1.54, 1.807) is 0 Å². The summed E-state index contributed by atoms with van der Waals surface area (Å²) < 4.78 is 5.52. The topological polar surface area (TPSA) is 105 Å². The highest BCUT2D eigenvalue weighted by Crippen LogP contribution is 2.44. The SMILES string of the molecule is CCC(NC(=O)OCC1c2ccccc2-c2ccccc21)C(=O)NC(C)CCCC(=O)O. The average Bonchev–Trinajstić information content (AvgIpc) is 3.09. The molecule has 170 valence electrons. The molecule has 0 aromatic heterocycles. The van der Waals surface area contributed by atoms with Crippen LogP contribution in [0.15, 0.2) is 48.5 Å². The molecule has 32 heavy (non-hydrogen) atoms. The zero-order chi connectivity index (χ0) is 23.1. The summed E-state index contributed by atoms with van der Waals surface area (Å²) in [6.45, 7) is 3.81. The molecule has 2 aromatic rings. The van der Waals surface area contributed by atoms with Gasteiger partial charge in [0.1, 0.15) is 12.6 Å². The van der Waals surface area contributed by atoms with Crippen molar-refractivity contribution < 1.29 is 24.2 Å². The molecule has 3 rings (SSSR count). The first-order valence-electron chi connectivity index (χ1n) is 11.0. The zero-order valence-electron chi connectivity index (χ0n) is 18.5. The summed E-state index contributed by atoms with van der Waals surface area (Å²) in [6, 6.07) is 15.3. The summed E-state index contributed by atoms with van der Waals surface area (Å²) in [6.07, 6.45) is 0.882. The second kappa shape index (κ2) is 10.8. The average molecular weight is 439 g/mol. The predicted octanol–water partition coefficient (Wildman–Crippen LogP) is 4.06. The Morgan fingerprint density at radius 2 is 1.59 bits per heavy atom. The number of ether oxygens (including phenoxy) is 1. The van der Waals surface area contributed by atoms with Gasteiger partial charge in [0, 0.05) is 18.4 Å². The maximum absolute atomic E-state index is 12.5.